The van der Waals surface area contributed by atoms with Crippen LogP contribution in [0.5, 0.6) is 5.75 Å². The van der Waals surface area contributed by atoms with Gasteiger partial charge in [-0.05, 0) is 86.0 Å². The molecule has 0 radical (unpaired) electrons. The molecule has 1 aromatic carbocycles. The quantitative estimate of drug-likeness (QED) is 0.460. The molecule has 0 bridgehead atoms. The van der Waals surface area contributed by atoms with Crippen molar-refractivity contribution in [1.82, 2.24) is 4.98 Å². The minimum atomic E-state index is -4.60. The topological polar surface area (TPSA) is 126 Å². The number of anilines is 1. The maximum atomic E-state index is 13.2. The number of amides is 1. The third kappa shape index (κ3) is 4.84. The number of ketones is 1. The zero-order chi connectivity index (χ0) is 25.0. The number of aryl methyl sites for hydroxylation is 2. The number of carbonyl (C=O) groups excluding carboxylic acids is 2. The van der Waals surface area contributed by atoms with Gasteiger partial charge in [0.1, 0.15) is 11.5 Å². The largest absolute Gasteiger partial charge is 0.524 e. The Labute approximate surface area is 208 Å². The molecule has 35 heavy (non-hydrogen) atoms. The van der Waals surface area contributed by atoms with Crippen LogP contribution >= 0.6 is 19.2 Å². The normalized spacial score (nSPS) is 29.8. The average molecular weight is 519 g/mol. The van der Waals surface area contributed by atoms with Gasteiger partial charge in [0.25, 0.3) is 0 Å². The van der Waals surface area contributed by atoms with Crippen LogP contribution in [0.25, 0.3) is 0 Å². The summed E-state index contributed by atoms with van der Waals surface area (Å²) in [5.74, 6) is 1.55. The first-order chi connectivity index (χ1) is 16.5. The number of phosphoric ester groups is 1. The van der Waals surface area contributed by atoms with Gasteiger partial charge in [-0.25, -0.2) is 9.55 Å². The smallest absolute Gasteiger partial charge is 0.404 e. The molecule has 5 unspecified atom stereocenters. The second kappa shape index (κ2) is 9.11. The number of carbonyl (C=O) groups is 2. The van der Waals surface area contributed by atoms with Crippen molar-refractivity contribution in [3.63, 3.8) is 0 Å². The lowest BCUT2D eigenvalue weighted by atomic mass is 9.54. The molecule has 1 amide bonds. The van der Waals surface area contributed by atoms with E-state index in [1.807, 2.05) is 13.0 Å². The maximum absolute atomic E-state index is 13.2. The van der Waals surface area contributed by atoms with Crippen molar-refractivity contribution in [2.45, 2.75) is 64.7 Å². The summed E-state index contributed by atoms with van der Waals surface area (Å²) < 4.78 is 16.0. The van der Waals surface area contributed by atoms with Crippen LogP contribution in [-0.2, 0) is 20.6 Å². The first-order valence-electron chi connectivity index (χ1n) is 12.2. The summed E-state index contributed by atoms with van der Waals surface area (Å²) >= 11 is 1.45. The van der Waals surface area contributed by atoms with Crippen LogP contribution in [0.4, 0.5) is 5.13 Å². The van der Waals surface area contributed by atoms with Crippen LogP contribution in [-0.4, -0.2) is 26.5 Å². The van der Waals surface area contributed by atoms with Crippen molar-refractivity contribution >= 4 is 36.0 Å². The van der Waals surface area contributed by atoms with Gasteiger partial charge in [-0.2, -0.15) is 0 Å². The Morgan fingerprint density at radius 3 is 2.86 bits per heavy atom. The molecule has 5 atom stereocenters. The molecule has 3 N–H and O–H groups in total. The fourth-order valence-corrected chi connectivity index (χ4v) is 8.06. The Balaban J connectivity index is 1.32. The van der Waals surface area contributed by atoms with Crippen molar-refractivity contribution in [3.8, 4) is 5.75 Å². The number of aromatic nitrogens is 1. The van der Waals surface area contributed by atoms with E-state index in [9.17, 15) is 14.2 Å². The van der Waals surface area contributed by atoms with Gasteiger partial charge >= 0.3 is 7.82 Å². The van der Waals surface area contributed by atoms with Gasteiger partial charge in [0, 0.05) is 29.3 Å². The lowest BCUT2D eigenvalue weighted by Crippen LogP contribution is -2.44. The monoisotopic (exact) mass is 518 g/mol. The summed E-state index contributed by atoms with van der Waals surface area (Å²) in [5.41, 5.74) is 1.94. The van der Waals surface area contributed by atoms with Crippen molar-refractivity contribution < 1.29 is 28.5 Å². The Kier molecular flexibility index (Phi) is 6.41. The van der Waals surface area contributed by atoms with E-state index in [4.69, 9.17) is 14.3 Å². The molecule has 10 heteroatoms. The zero-order valence-corrected chi connectivity index (χ0v) is 21.6. The van der Waals surface area contributed by atoms with Crippen LogP contribution in [0.1, 0.15) is 67.4 Å². The minimum Gasteiger partial charge on any atom is -0.404 e. The average Bonchev–Trinajstić information content (AvgIpc) is 3.30. The second-order valence-electron chi connectivity index (χ2n) is 10.5. The molecule has 1 heterocycles. The van der Waals surface area contributed by atoms with Crippen LogP contribution in [0, 0.1) is 30.1 Å². The van der Waals surface area contributed by atoms with Crippen LogP contribution in [0.15, 0.2) is 24.4 Å². The molecule has 2 saturated carbocycles. The Morgan fingerprint density at radius 1 is 1.34 bits per heavy atom. The number of rotatable bonds is 6. The number of Topliss-reactive ketones (excluding diaryl/α,β-unsaturated/α-hetero) is 1. The fourth-order valence-electron chi connectivity index (χ4n) is 6.99. The van der Waals surface area contributed by atoms with Gasteiger partial charge < -0.3 is 9.84 Å². The molecule has 0 spiro atoms. The van der Waals surface area contributed by atoms with E-state index in [1.54, 1.807) is 18.3 Å². The van der Waals surface area contributed by atoms with Gasteiger partial charge in [-0.15, -0.1) is 11.3 Å². The molecule has 0 aliphatic heterocycles. The standard InChI is InChI=1S/C25H31N2O6PS/c1-14-13-26-24(35-14)27-22(29)8-4-16-12-21(28)25(2)10-9-19-18-7-5-17(33-34(30,31)32)11-15(18)3-6-20(19)23(16)25/h5,7,11,13,16,19-20,23H,3-4,6,8-10,12H2,1-2H3,(H,26,27,29)(H2,30,31,32). The van der Waals surface area contributed by atoms with E-state index in [2.05, 4.69) is 17.2 Å². The van der Waals surface area contributed by atoms with Crippen molar-refractivity contribution in [2.75, 3.05) is 5.32 Å². The van der Waals surface area contributed by atoms with Crippen molar-refractivity contribution in [2.24, 2.45) is 23.2 Å². The predicted molar refractivity (Wildman–Crippen MR) is 132 cm³/mol. The van der Waals surface area contributed by atoms with E-state index in [0.717, 1.165) is 36.1 Å². The van der Waals surface area contributed by atoms with E-state index in [-0.39, 0.29) is 28.9 Å². The summed E-state index contributed by atoms with van der Waals surface area (Å²) in [6.07, 6.45) is 6.80. The van der Waals surface area contributed by atoms with Gasteiger partial charge in [-0.1, -0.05) is 13.0 Å². The molecule has 0 saturated heterocycles. The number of hydrogen-bond acceptors (Lipinski definition) is 6. The number of phosphoric acid groups is 1. The second-order valence-corrected chi connectivity index (χ2v) is 12.9. The number of nitrogens with zero attached hydrogens (tertiary/aromatic N) is 1. The van der Waals surface area contributed by atoms with Gasteiger partial charge in [0.15, 0.2) is 5.13 Å². The van der Waals surface area contributed by atoms with Crippen LogP contribution in [0.3, 0.4) is 0 Å². The zero-order valence-electron chi connectivity index (χ0n) is 19.9. The lowest BCUT2D eigenvalue weighted by Gasteiger charge is -2.50. The molecule has 2 fully saturated rings. The number of thiazole rings is 1. The highest BCUT2D eigenvalue weighted by Crippen LogP contribution is 2.62. The van der Waals surface area contributed by atoms with E-state index < -0.39 is 7.82 Å². The molecule has 188 valence electrons. The van der Waals surface area contributed by atoms with Crippen LogP contribution < -0.4 is 9.84 Å². The number of hydrogen-bond donors (Lipinski definition) is 3. The number of benzene rings is 1. The maximum Gasteiger partial charge on any atom is 0.524 e. The summed E-state index contributed by atoms with van der Waals surface area (Å²) in [7, 11) is -4.60. The molecule has 3 aliphatic carbocycles. The molecule has 1 aromatic heterocycles. The number of nitrogens with one attached hydrogen (secondary N) is 1. The Morgan fingerprint density at radius 2 is 2.14 bits per heavy atom. The molecular weight excluding hydrogens is 487 g/mol. The SMILES string of the molecule is Cc1cnc(NC(=O)CCC2CC(=O)C3(C)CCC4c5ccc(OP(=O)(O)O)cc5CCC4C23)s1. The van der Waals surface area contributed by atoms with Gasteiger partial charge in [-0.3, -0.25) is 19.4 Å². The molecular formula is C25H31N2O6PS. The number of fused-ring (bicyclic) bond motifs is 5. The first kappa shape index (κ1) is 24.6. The van der Waals surface area contributed by atoms with E-state index >= 15 is 0 Å². The third-order valence-electron chi connectivity index (χ3n) is 8.38. The van der Waals surface area contributed by atoms with Gasteiger partial charge in [0.2, 0.25) is 5.91 Å². The first-order valence-corrected chi connectivity index (χ1v) is 14.5. The third-order valence-corrected chi connectivity index (χ3v) is 9.65. The Hall–Kier alpha value is -2.06. The highest BCUT2D eigenvalue weighted by atomic mass is 32.1. The van der Waals surface area contributed by atoms with Crippen LogP contribution in [0.2, 0.25) is 0 Å². The summed E-state index contributed by atoms with van der Waals surface area (Å²) in [5, 5.41) is 3.50. The molecule has 5 rings (SSSR count). The predicted octanol–water partition coefficient (Wildman–Crippen LogP) is 4.99. The lowest BCUT2D eigenvalue weighted by molar-refractivity contribution is -0.129. The summed E-state index contributed by atoms with van der Waals surface area (Å²) in [6.45, 7) is 4.08. The fraction of sp³-hybridized carbons (Fsp3) is 0.560. The molecule has 3 aliphatic rings. The summed E-state index contributed by atoms with van der Waals surface area (Å²) in [4.78, 5) is 49.3. The summed E-state index contributed by atoms with van der Waals surface area (Å²) in [6, 6.07) is 5.32. The highest BCUT2D eigenvalue weighted by Gasteiger charge is 2.58. The van der Waals surface area contributed by atoms with Crippen molar-refractivity contribution in [3.05, 3.63) is 40.4 Å². The van der Waals surface area contributed by atoms with Gasteiger partial charge in [0.05, 0.1) is 0 Å². The Bertz CT molecular complexity index is 1210. The molecule has 8 nitrogen and oxygen atoms in total. The van der Waals surface area contributed by atoms with Crippen molar-refractivity contribution in [1.29, 1.82) is 0 Å². The highest BCUT2D eigenvalue weighted by molar-refractivity contribution is 7.46. The van der Waals surface area contributed by atoms with E-state index in [0.29, 0.717) is 42.0 Å². The van der Waals surface area contributed by atoms with E-state index in [1.165, 1.54) is 16.9 Å². The molecule has 2 aromatic rings. The minimum absolute atomic E-state index is 0.0562.